The van der Waals surface area contributed by atoms with E-state index in [1.807, 2.05) is 12.1 Å². The first kappa shape index (κ1) is 14.4. The Morgan fingerprint density at radius 1 is 1.16 bits per heavy atom. The minimum Gasteiger partial charge on any atom is -0.497 e. The average Bonchev–Trinajstić information content (AvgIpc) is 2.64. The highest BCUT2D eigenvalue weighted by Crippen LogP contribution is 2.22. The summed E-state index contributed by atoms with van der Waals surface area (Å²) >= 11 is 0. The predicted molar refractivity (Wildman–Crippen MR) is 79.3 cm³/mol. The van der Waals surface area contributed by atoms with Crippen LogP contribution in [0, 0.1) is 0 Å². The Bertz CT molecular complexity index is 377. The van der Waals surface area contributed by atoms with Crippen molar-refractivity contribution in [1.82, 2.24) is 4.90 Å². The number of nitrogens with two attached hydrogens (primary N) is 1. The van der Waals surface area contributed by atoms with Crippen molar-refractivity contribution in [2.75, 3.05) is 14.2 Å². The SMILES string of the molecule is COc1ccc(CN(C)C2CCCCCC2N)cc1. The number of methoxy groups -OCH3 is 1. The fourth-order valence-electron chi connectivity index (χ4n) is 3.00. The quantitative estimate of drug-likeness (QED) is 0.848. The molecule has 0 bridgehead atoms. The maximum Gasteiger partial charge on any atom is 0.118 e. The molecule has 0 saturated heterocycles. The van der Waals surface area contributed by atoms with Gasteiger partial charge in [0.15, 0.2) is 0 Å². The zero-order chi connectivity index (χ0) is 13.7. The lowest BCUT2D eigenvalue weighted by Gasteiger charge is -2.31. The smallest absolute Gasteiger partial charge is 0.118 e. The van der Waals surface area contributed by atoms with Crippen LogP contribution in [-0.4, -0.2) is 31.1 Å². The molecule has 2 rings (SSSR count). The molecule has 2 N–H and O–H groups in total. The first-order valence-electron chi connectivity index (χ1n) is 7.29. The van der Waals surface area contributed by atoms with E-state index in [4.69, 9.17) is 10.5 Å². The Labute approximate surface area is 116 Å². The Kier molecular flexibility index (Phi) is 5.23. The number of ether oxygens (including phenoxy) is 1. The normalized spacial score (nSPS) is 24.2. The van der Waals surface area contributed by atoms with Crippen molar-refractivity contribution in [2.45, 2.75) is 50.7 Å². The molecule has 1 aliphatic rings. The average molecular weight is 262 g/mol. The highest BCUT2D eigenvalue weighted by molar-refractivity contribution is 5.27. The van der Waals surface area contributed by atoms with Gasteiger partial charge in [-0.15, -0.1) is 0 Å². The van der Waals surface area contributed by atoms with Gasteiger partial charge in [0.2, 0.25) is 0 Å². The van der Waals surface area contributed by atoms with Crippen molar-refractivity contribution in [3.63, 3.8) is 0 Å². The first-order valence-corrected chi connectivity index (χ1v) is 7.29. The molecule has 3 nitrogen and oxygen atoms in total. The van der Waals surface area contributed by atoms with Crippen molar-refractivity contribution >= 4 is 0 Å². The fourth-order valence-corrected chi connectivity index (χ4v) is 3.00. The minimum absolute atomic E-state index is 0.325. The van der Waals surface area contributed by atoms with Crippen LogP contribution in [0.2, 0.25) is 0 Å². The summed E-state index contributed by atoms with van der Waals surface area (Å²) in [5, 5.41) is 0. The van der Waals surface area contributed by atoms with Gasteiger partial charge in [0, 0.05) is 18.6 Å². The van der Waals surface area contributed by atoms with Crippen molar-refractivity contribution < 1.29 is 4.74 Å². The van der Waals surface area contributed by atoms with Gasteiger partial charge in [-0.3, -0.25) is 4.90 Å². The minimum atomic E-state index is 0.325. The molecule has 0 amide bonds. The number of rotatable bonds is 4. The van der Waals surface area contributed by atoms with E-state index in [1.165, 1.54) is 31.2 Å². The van der Waals surface area contributed by atoms with Gasteiger partial charge in [-0.1, -0.05) is 31.4 Å². The Morgan fingerprint density at radius 2 is 1.84 bits per heavy atom. The summed E-state index contributed by atoms with van der Waals surface area (Å²) in [6, 6.07) is 9.16. The molecular formula is C16H26N2O. The summed E-state index contributed by atoms with van der Waals surface area (Å²) in [6.45, 7) is 0.961. The molecule has 1 saturated carbocycles. The van der Waals surface area contributed by atoms with Gasteiger partial charge >= 0.3 is 0 Å². The molecule has 1 fully saturated rings. The highest BCUT2D eigenvalue weighted by Gasteiger charge is 2.23. The zero-order valence-electron chi connectivity index (χ0n) is 12.1. The van der Waals surface area contributed by atoms with Gasteiger partial charge in [0.1, 0.15) is 5.75 Å². The van der Waals surface area contributed by atoms with E-state index in [9.17, 15) is 0 Å². The van der Waals surface area contributed by atoms with Gasteiger partial charge in [-0.25, -0.2) is 0 Å². The molecule has 0 radical (unpaired) electrons. The van der Waals surface area contributed by atoms with E-state index in [0.717, 1.165) is 18.7 Å². The van der Waals surface area contributed by atoms with Gasteiger partial charge < -0.3 is 10.5 Å². The molecule has 0 spiro atoms. The first-order chi connectivity index (χ1) is 9.20. The second-order valence-corrected chi connectivity index (χ2v) is 5.63. The van der Waals surface area contributed by atoms with Crippen LogP contribution in [0.25, 0.3) is 0 Å². The van der Waals surface area contributed by atoms with E-state index in [1.54, 1.807) is 7.11 Å². The monoisotopic (exact) mass is 262 g/mol. The largest absolute Gasteiger partial charge is 0.497 e. The van der Waals surface area contributed by atoms with Crippen LogP contribution in [-0.2, 0) is 6.54 Å². The van der Waals surface area contributed by atoms with Gasteiger partial charge in [-0.2, -0.15) is 0 Å². The number of nitrogens with zero attached hydrogens (tertiary/aromatic N) is 1. The van der Waals surface area contributed by atoms with Crippen molar-refractivity contribution in [1.29, 1.82) is 0 Å². The maximum absolute atomic E-state index is 6.32. The van der Waals surface area contributed by atoms with E-state index in [2.05, 4.69) is 24.1 Å². The third-order valence-corrected chi connectivity index (χ3v) is 4.19. The summed E-state index contributed by atoms with van der Waals surface area (Å²) in [7, 11) is 3.89. The lowest BCUT2D eigenvalue weighted by molar-refractivity contribution is 0.193. The van der Waals surface area contributed by atoms with Gasteiger partial charge in [0.05, 0.1) is 7.11 Å². The van der Waals surface area contributed by atoms with Crippen LogP contribution in [0.3, 0.4) is 0 Å². The summed E-state index contributed by atoms with van der Waals surface area (Å²) in [5.41, 5.74) is 7.64. The third-order valence-electron chi connectivity index (χ3n) is 4.19. The summed E-state index contributed by atoms with van der Waals surface area (Å²) in [5.74, 6) is 0.914. The molecule has 1 aromatic rings. The zero-order valence-corrected chi connectivity index (χ0v) is 12.1. The number of hydrogen-bond acceptors (Lipinski definition) is 3. The molecule has 2 atom stereocenters. The van der Waals surface area contributed by atoms with Crippen LogP contribution in [0.4, 0.5) is 0 Å². The van der Waals surface area contributed by atoms with Crippen LogP contribution >= 0.6 is 0 Å². The van der Waals surface area contributed by atoms with Crippen LogP contribution in [0.5, 0.6) is 5.75 Å². The molecule has 2 unspecified atom stereocenters. The Hall–Kier alpha value is -1.06. The molecule has 3 heteroatoms. The van der Waals surface area contributed by atoms with E-state index < -0.39 is 0 Å². The topological polar surface area (TPSA) is 38.5 Å². The maximum atomic E-state index is 6.32. The molecule has 106 valence electrons. The summed E-state index contributed by atoms with van der Waals surface area (Å²) < 4.78 is 5.19. The van der Waals surface area contributed by atoms with Crippen molar-refractivity contribution in [3.05, 3.63) is 29.8 Å². The molecule has 0 heterocycles. The third kappa shape index (κ3) is 3.95. The lowest BCUT2D eigenvalue weighted by Crippen LogP contribution is -2.44. The van der Waals surface area contributed by atoms with Crippen LogP contribution in [0.15, 0.2) is 24.3 Å². The van der Waals surface area contributed by atoms with E-state index in [0.29, 0.717) is 12.1 Å². The lowest BCUT2D eigenvalue weighted by atomic mass is 10.0. The molecule has 19 heavy (non-hydrogen) atoms. The number of hydrogen-bond donors (Lipinski definition) is 1. The molecule has 1 aromatic carbocycles. The van der Waals surface area contributed by atoms with Crippen LogP contribution < -0.4 is 10.5 Å². The molecule has 0 aliphatic heterocycles. The number of likely N-dealkylation sites (N-methyl/N-ethyl adjacent to an activating group) is 1. The van der Waals surface area contributed by atoms with E-state index >= 15 is 0 Å². The summed E-state index contributed by atoms with van der Waals surface area (Å²) in [4.78, 5) is 2.41. The number of benzene rings is 1. The summed E-state index contributed by atoms with van der Waals surface area (Å²) in [6.07, 6.45) is 6.32. The van der Waals surface area contributed by atoms with Crippen molar-refractivity contribution in [2.24, 2.45) is 5.73 Å². The molecular weight excluding hydrogens is 236 g/mol. The van der Waals surface area contributed by atoms with E-state index in [-0.39, 0.29) is 0 Å². The molecule has 1 aliphatic carbocycles. The second kappa shape index (κ2) is 6.92. The highest BCUT2D eigenvalue weighted by atomic mass is 16.5. The standard InChI is InChI=1S/C16H26N2O/c1-18(16-7-5-3-4-6-15(16)17)12-13-8-10-14(19-2)11-9-13/h8-11,15-16H,3-7,12,17H2,1-2H3. The molecule has 0 aromatic heterocycles. The fraction of sp³-hybridized carbons (Fsp3) is 0.625. The Morgan fingerprint density at radius 3 is 2.53 bits per heavy atom. The second-order valence-electron chi connectivity index (χ2n) is 5.63. The van der Waals surface area contributed by atoms with Gasteiger partial charge in [0.25, 0.3) is 0 Å². The van der Waals surface area contributed by atoms with Gasteiger partial charge in [-0.05, 0) is 37.6 Å². The van der Waals surface area contributed by atoms with Crippen LogP contribution in [0.1, 0.15) is 37.7 Å². The Balaban J connectivity index is 1.96. The predicted octanol–water partition coefficient (Wildman–Crippen LogP) is 2.79. The van der Waals surface area contributed by atoms with Crippen molar-refractivity contribution in [3.8, 4) is 5.75 Å².